The number of allylic oxidation sites excluding steroid dienone is 1. The van der Waals surface area contributed by atoms with Crippen molar-refractivity contribution in [3.63, 3.8) is 0 Å². The van der Waals surface area contributed by atoms with Crippen molar-refractivity contribution in [2.24, 2.45) is 0 Å². The average molecular weight is 69.9 g/mol. The standard InChI is InChI=1S/C3H7BO/c1-3(2)5-4/h1,4H2,2H3. The maximum Gasteiger partial charge on any atom is 0.321 e. The zero-order chi connectivity index (χ0) is 4.28. The van der Waals surface area contributed by atoms with Gasteiger partial charge in [-0.15, -0.1) is 0 Å². The summed E-state index contributed by atoms with van der Waals surface area (Å²) in [5.41, 5.74) is 0. The summed E-state index contributed by atoms with van der Waals surface area (Å²) in [6.45, 7) is 5.26. The number of hydrogen-bond donors (Lipinski definition) is 0. The molecule has 0 spiro atoms. The van der Waals surface area contributed by atoms with Gasteiger partial charge in [0.1, 0.15) is 0 Å². The van der Waals surface area contributed by atoms with Crippen molar-refractivity contribution in [1.29, 1.82) is 0 Å². The van der Waals surface area contributed by atoms with Crippen LogP contribution in [0, 0.1) is 0 Å². The summed E-state index contributed by atoms with van der Waals surface area (Å²) in [5.74, 6) is 0.755. The molecule has 0 bridgehead atoms. The molecule has 0 aliphatic carbocycles. The average Bonchev–Trinajstić information content (AvgIpc) is 1.38. The summed E-state index contributed by atoms with van der Waals surface area (Å²) < 4.78 is 4.56. The lowest BCUT2D eigenvalue weighted by Gasteiger charge is -1.89. The van der Waals surface area contributed by atoms with E-state index in [4.69, 9.17) is 0 Å². The third kappa shape index (κ3) is 3.60. The van der Waals surface area contributed by atoms with Crippen LogP contribution in [0.5, 0.6) is 0 Å². The van der Waals surface area contributed by atoms with Gasteiger partial charge in [-0.05, 0) is 6.92 Å². The van der Waals surface area contributed by atoms with E-state index in [1.807, 2.05) is 0 Å². The molecule has 0 saturated carbocycles. The van der Waals surface area contributed by atoms with Crippen molar-refractivity contribution in [3.05, 3.63) is 12.3 Å². The topological polar surface area (TPSA) is 9.23 Å². The second kappa shape index (κ2) is 1.88. The van der Waals surface area contributed by atoms with Gasteiger partial charge in [0.05, 0.1) is 5.76 Å². The van der Waals surface area contributed by atoms with Crippen molar-refractivity contribution < 1.29 is 4.65 Å². The Morgan fingerprint density at radius 2 is 2.20 bits per heavy atom. The second-order valence-electron chi connectivity index (χ2n) is 0.906. The van der Waals surface area contributed by atoms with Crippen molar-refractivity contribution in [2.45, 2.75) is 6.92 Å². The normalized spacial score (nSPS) is 6.60. The third-order valence-corrected chi connectivity index (χ3v) is 0.348. The Morgan fingerprint density at radius 1 is 2.00 bits per heavy atom. The minimum Gasteiger partial charge on any atom is -0.571 e. The fourth-order valence-corrected chi connectivity index (χ4v) is 0. The van der Waals surface area contributed by atoms with Crippen molar-refractivity contribution in [1.82, 2.24) is 0 Å². The molecular formula is C3H7BO. The van der Waals surface area contributed by atoms with Gasteiger partial charge < -0.3 is 4.65 Å². The molecule has 0 saturated heterocycles. The molecule has 28 valence electrons. The van der Waals surface area contributed by atoms with Crippen molar-refractivity contribution >= 4 is 8.05 Å². The number of rotatable bonds is 1. The molecule has 0 aliphatic rings. The summed E-state index contributed by atoms with van der Waals surface area (Å²) in [5, 5.41) is 0. The summed E-state index contributed by atoms with van der Waals surface area (Å²) in [6.07, 6.45) is 0. The molecule has 0 aromatic carbocycles. The van der Waals surface area contributed by atoms with Gasteiger partial charge in [0.2, 0.25) is 0 Å². The van der Waals surface area contributed by atoms with Gasteiger partial charge in [0.15, 0.2) is 0 Å². The lowest BCUT2D eigenvalue weighted by molar-refractivity contribution is 0.476. The lowest BCUT2D eigenvalue weighted by atomic mass is 10.5. The van der Waals surface area contributed by atoms with Crippen LogP contribution in [0.3, 0.4) is 0 Å². The van der Waals surface area contributed by atoms with E-state index in [2.05, 4.69) is 11.2 Å². The Hall–Kier alpha value is -0.395. The van der Waals surface area contributed by atoms with Crippen molar-refractivity contribution in [3.8, 4) is 0 Å². The molecule has 0 aliphatic heterocycles. The fraction of sp³-hybridized carbons (Fsp3) is 0.333. The van der Waals surface area contributed by atoms with E-state index in [-0.39, 0.29) is 0 Å². The highest BCUT2D eigenvalue weighted by atomic mass is 16.4. The molecule has 2 heteroatoms. The SMILES string of the molecule is BOC(=C)C. The highest BCUT2D eigenvalue weighted by Crippen LogP contribution is 1.79. The maximum absolute atomic E-state index is 4.56. The Bertz CT molecular complexity index is 42.2. The first-order chi connectivity index (χ1) is 2.27. The van der Waals surface area contributed by atoms with Gasteiger partial charge in [-0.3, -0.25) is 0 Å². The summed E-state index contributed by atoms with van der Waals surface area (Å²) in [7, 11) is 1.60. The highest BCUT2D eigenvalue weighted by Gasteiger charge is 1.65. The van der Waals surface area contributed by atoms with Crippen LogP contribution in [0.4, 0.5) is 0 Å². The van der Waals surface area contributed by atoms with Crippen LogP contribution >= 0.6 is 0 Å². The molecule has 1 nitrogen and oxygen atoms in total. The van der Waals surface area contributed by atoms with Gasteiger partial charge in [-0.25, -0.2) is 0 Å². The minimum atomic E-state index is 0.755. The van der Waals surface area contributed by atoms with Crippen LogP contribution in [0.15, 0.2) is 12.3 Å². The Labute approximate surface area is 33.1 Å². The maximum atomic E-state index is 4.56. The van der Waals surface area contributed by atoms with Crippen molar-refractivity contribution in [2.75, 3.05) is 0 Å². The zero-order valence-corrected chi connectivity index (χ0v) is 3.62. The molecule has 0 aromatic rings. The monoisotopic (exact) mass is 70.1 g/mol. The smallest absolute Gasteiger partial charge is 0.321 e. The van der Waals surface area contributed by atoms with E-state index in [0.717, 1.165) is 5.76 Å². The molecule has 0 unspecified atom stereocenters. The minimum absolute atomic E-state index is 0.755. The van der Waals surface area contributed by atoms with Crippen LogP contribution in [-0.2, 0) is 4.65 Å². The summed E-state index contributed by atoms with van der Waals surface area (Å²) in [6, 6.07) is 0. The predicted octanol–water partition coefficient (Wildman–Crippen LogP) is 0.0847. The highest BCUT2D eigenvalue weighted by molar-refractivity contribution is 5.98. The molecule has 0 radical (unpaired) electrons. The molecule has 0 N–H and O–H groups in total. The molecule has 0 rings (SSSR count). The first-order valence-electron chi connectivity index (χ1n) is 1.47. The van der Waals surface area contributed by atoms with E-state index in [1.165, 1.54) is 0 Å². The summed E-state index contributed by atoms with van der Waals surface area (Å²) >= 11 is 0. The third-order valence-electron chi connectivity index (χ3n) is 0.348. The van der Waals surface area contributed by atoms with Crippen LogP contribution < -0.4 is 0 Å². The van der Waals surface area contributed by atoms with Crippen LogP contribution in [-0.4, -0.2) is 8.05 Å². The molecule has 5 heavy (non-hydrogen) atoms. The molecule has 0 amide bonds. The molecule has 0 fully saturated rings. The van der Waals surface area contributed by atoms with Crippen LogP contribution in [0.2, 0.25) is 0 Å². The summed E-state index contributed by atoms with van der Waals surface area (Å²) in [4.78, 5) is 0. The fourth-order valence-electron chi connectivity index (χ4n) is 0. The van der Waals surface area contributed by atoms with Gasteiger partial charge in [0, 0.05) is 0 Å². The lowest BCUT2D eigenvalue weighted by Crippen LogP contribution is -1.73. The molecule has 0 atom stereocenters. The largest absolute Gasteiger partial charge is 0.571 e. The van der Waals surface area contributed by atoms with E-state index in [0.29, 0.717) is 0 Å². The van der Waals surface area contributed by atoms with Crippen LogP contribution in [0.25, 0.3) is 0 Å². The van der Waals surface area contributed by atoms with Gasteiger partial charge in [0.25, 0.3) is 0 Å². The Kier molecular flexibility index (Phi) is 1.73. The quantitative estimate of drug-likeness (QED) is 0.313. The van der Waals surface area contributed by atoms with Gasteiger partial charge in [-0.1, -0.05) is 6.58 Å². The van der Waals surface area contributed by atoms with Gasteiger partial charge in [-0.2, -0.15) is 0 Å². The molecule has 0 heterocycles. The Morgan fingerprint density at radius 3 is 2.20 bits per heavy atom. The first kappa shape index (κ1) is 4.60. The van der Waals surface area contributed by atoms with E-state index in [1.54, 1.807) is 15.0 Å². The van der Waals surface area contributed by atoms with E-state index >= 15 is 0 Å². The van der Waals surface area contributed by atoms with Gasteiger partial charge >= 0.3 is 8.05 Å². The number of hydrogen-bond acceptors (Lipinski definition) is 1. The molecular weight excluding hydrogens is 62.8 g/mol. The Balaban J connectivity index is 2.85. The van der Waals surface area contributed by atoms with E-state index in [9.17, 15) is 0 Å². The van der Waals surface area contributed by atoms with Crippen LogP contribution in [0.1, 0.15) is 6.92 Å². The molecule has 0 aromatic heterocycles. The predicted molar refractivity (Wildman–Crippen MR) is 24.4 cm³/mol. The van der Waals surface area contributed by atoms with E-state index < -0.39 is 0 Å². The first-order valence-corrected chi connectivity index (χ1v) is 1.47. The second-order valence-corrected chi connectivity index (χ2v) is 0.906. The zero-order valence-electron chi connectivity index (χ0n) is 3.62.